The van der Waals surface area contributed by atoms with E-state index in [1.54, 1.807) is 6.07 Å². The zero-order valence-electron chi connectivity index (χ0n) is 17.9. The molecule has 1 N–H and O–H groups in total. The second kappa shape index (κ2) is 11.1. The maximum atomic E-state index is 12.4. The number of morpholine rings is 1. The van der Waals surface area contributed by atoms with Crippen molar-refractivity contribution < 1.29 is 28.5 Å². The number of carbonyl (C=O) groups excluding carboxylic acids is 2. The Kier molecular flexibility index (Phi) is 8.19. The zero-order chi connectivity index (χ0) is 21.3. The first-order valence-electron chi connectivity index (χ1n) is 10.8. The standard InChI is InChI=1S/C22H32N2O6/c1-3-28-19-14-18(24-9-11-27-12-10-24)20(29-4-2)13-17(19)23-21(25)15-30-22(26)16-7-5-6-8-16/h13-14,16H,3-12,15H2,1-2H3,(H,23,25). The number of hydrogen-bond acceptors (Lipinski definition) is 7. The maximum Gasteiger partial charge on any atom is 0.309 e. The van der Waals surface area contributed by atoms with Gasteiger partial charge in [0.2, 0.25) is 0 Å². The van der Waals surface area contributed by atoms with Gasteiger partial charge in [0.15, 0.2) is 6.61 Å². The highest BCUT2D eigenvalue weighted by molar-refractivity contribution is 5.95. The van der Waals surface area contributed by atoms with Crippen LogP contribution in [-0.4, -0.2) is 58.0 Å². The van der Waals surface area contributed by atoms with Gasteiger partial charge in [-0.3, -0.25) is 9.59 Å². The van der Waals surface area contributed by atoms with Crippen molar-refractivity contribution in [2.45, 2.75) is 39.5 Å². The molecule has 1 amide bonds. The third kappa shape index (κ3) is 5.78. The number of benzene rings is 1. The zero-order valence-corrected chi connectivity index (χ0v) is 17.9. The molecule has 1 heterocycles. The summed E-state index contributed by atoms with van der Waals surface area (Å²) in [5.41, 5.74) is 1.41. The molecule has 1 aromatic rings. The van der Waals surface area contributed by atoms with Crippen LogP contribution < -0.4 is 19.7 Å². The Morgan fingerprint density at radius 3 is 2.40 bits per heavy atom. The van der Waals surface area contributed by atoms with Gasteiger partial charge in [0, 0.05) is 25.2 Å². The Labute approximate surface area is 177 Å². The molecule has 1 aromatic carbocycles. The van der Waals surface area contributed by atoms with Gasteiger partial charge < -0.3 is 29.2 Å². The van der Waals surface area contributed by atoms with Crippen molar-refractivity contribution in [3.8, 4) is 11.5 Å². The summed E-state index contributed by atoms with van der Waals surface area (Å²) < 4.78 is 22.3. The predicted molar refractivity (Wildman–Crippen MR) is 113 cm³/mol. The van der Waals surface area contributed by atoms with Crippen molar-refractivity contribution in [3.05, 3.63) is 12.1 Å². The van der Waals surface area contributed by atoms with Gasteiger partial charge in [0.25, 0.3) is 5.91 Å². The Bertz CT molecular complexity index is 727. The van der Waals surface area contributed by atoms with Crippen LogP contribution in [0.4, 0.5) is 11.4 Å². The quantitative estimate of drug-likeness (QED) is 0.615. The molecule has 1 aliphatic carbocycles. The normalized spacial score (nSPS) is 16.9. The van der Waals surface area contributed by atoms with Gasteiger partial charge >= 0.3 is 5.97 Å². The van der Waals surface area contributed by atoms with Crippen molar-refractivity contribution in [2.75, 3.05) is 56.3 Å². The molecule has 166 valence electrons. The fraction of sp³-hybridized carbons (Fsp3) is 0.636. The smallest absolute Gasteiger partial charge is 0.309 e. The molecular formula is C22H32N2O6. The minimum absolute atomic E-state index is 0.0749. The second-order valence-electron chi connectivity index (χ2n) is 7.42. The number of nitrogens with one attached hydrogen (secondary N) is 1. The topological polar surface area (TPSA) is 86.3 Å². The monoisotopic (exact) mass is 420 g/mol. The molecule has 2 fully saturated rings. The van der Waals surface area contributed by atoms with Crippen molar-refractivity contribution >= 4 is 23.3 Å². The molecule has 0 bridgehead atoms. The van der Waals surface area contributed by atoms with Crippen molar-refractivity contribution in [2.24, 2.45) is 5.92 Å². The van der Waals surface area contributed by atoms with Crippen molar-refractivity contribution in [1.29, 1.82) is 0 Å². The van der Waals surface area contributed by atoms with Gasteiger partial charge in [-0.1, -0.05) is 12.8 Å². The molecule has 1 aliphatic heterocycles. The van der Waals surface area contributed by atoms with Crippen molar-refractivity contribution in [1.82, 2.24) is 0 Å². The summed E-state index contributed by atoms with van der Waals surface area (Å²) in [6.45, 7) is 7.27. The van der Waals surface area contributed by atoms with E-state index in [0.29, 0.717) is 43.6 Å². The lowest BCUT2D eigenvalue weighted by molar-refractivity contribution is -0.151. The highest BCUT2D eigenvalue weighted by Crippen LogP contribution is 2.39. The van der Waals surface area contributed by atoms with E-state index in [4.69, 9.17) is 18.9 Å². The third-order valence-corrected chi connectivity index (χ3v) is 5.32. The summed E-state index contributed by atoms with van der Waals surface area (Å²) in [6.07, 6.45) is 3.77. The molecule has 0 atom stereocenters. The lowest BCUT2D eigenvalue weighted by Gasteiger charge is -2.31. The summed E-state index contributed by atoms with van der Waals surface area (Å²) in [6, 6.07) is 3.66. The number of esters is 1. The molecule has 1 saturated heterocycles. The van der Waals surface area contributed by atoms with Crippen LogP contribution in [0.15, 0.2) is 12.1 Å². The molecule has 0 unspecified atom stereocenters. The Balaban J connectivity index is 1.72. The van der Waals surface area contributed by atoms with Gasteiger partial charge in [0.05, 0.1) is 43.7 Å². The average Bonchev–Trinajstić information content (AvgIpc) is 3.30. The minimum Gasteiger partial charge on any atom is -0.492 e. The van der Waals surface area contributed by atoms with Crippen molar-refractivity contribution in [3.63, 3.8) is 0 Å². The molecule has 8 nitrogen and oxygen atoms in total. The molecule has 0 spiro atoms. The SMILES string of the molecule is CCOc1cc(N2CCOCC2)c(OCC)cc1NC(=O)COC(=O)C1CCCC1. The Hall–Kier alpha value is -2.48. The van der Waals surface area contributed by atoms with E-state index < -0.39 is 5.91 Å². The first-order valence-corrected chi connectivity index (χ1v) is 10.8. The van der Waals surface area contributed by atoms with Gasteiger partial charge in [-0.2, -0.15) is 0 Å². The highest BCUT2D eigenvalue weighted by Gasteiger charge is 2.25. The molecule has 30 heavy (non-hydrogen) atoms. The van der Waals surface area contributed by atoms with Gasteiger partial charge in [-0.25, -0.2) is 0 Å². The number of carbonyl (C=O) groups is 2. The Morgan fingerprint density at radius 2 is 1.73 bits per heavy atom. The number of ether oxygens (including phenoxy) is 4. The number of anilines is 2. The summed E-state index contributed by atoms with van der Waals surface area (Å²) in [5, 5.41) is 2.81. The van der Waals surface area contributed by atoms with E-state index in [0.717, 1.165) is 44.5 Å². The Morgan fingerprint density at radius 1 is 1.07 bits per heavy atom. The predicted octanol–water partition coefficient (Wildman–Crippen LogP) is 2.99. The lowest BCUT2D eigenvalue weighted by Crippen LogP contribution is -2.36. The minimum atomic E-state index is -0.399. The van der Waals surface area contributed by atoms with E-state index in [1.807, 2.05) is 19.9 Å². The van der Waals surface area contributed by atoms with Gasteiger partial charge in [-0.15, -0.1) is 0 Å². The average molecular weight is 421 g/mol. The molecule has 3 rings (SSSR count). The summed E-state index contributed by atoms with van der Waals surface area (Å²) in [5.74, 6) is 0.461. The van der Waals surface area contributed by atoms with E-state index >= 15 is 0 Å². The summed E-state index contributed by atoms with van der Waals surface area (Å²) >= 11 is 0. The number of amides is 1. The molecule has 2 aliphatic rings. The maximum absolute atomic E-state index is 12.4. The van der Waals surface area contributed by atoms with Crippen LogP contribution >= 0.6 is 0 Å². The molecular weight excluding hydrogens is 388 g/mol. The first kappa shape index (κ1) is 22.2. The largest absolute Gasteiger partial charge is 0.492 e. The molecule has 0 aromatic heterocycles. The van der Waals surface area contributed by atoms with Crippen LogP contribution in [0.25, 0.3) is 0 Å². The summed E-state index contributed by atoms with van der Waals surface area (Å²) in [7, 11) is 0. The molecule has 0 radical (unpaired) electrons. The van der Waals surface area contributed by atoms with Crippen LogP contribution in [0.2, 0.25) is 0 Å². The third-order valence-electron chi connectivity index (χ3n) is 5.32. The fourth-order valence-electron chi connectivity index (χ4n) is 3.85. The van der Waals surface area contributed by atoms with Crippen LogP contribution in [0.5, 0.6) is 11.5 Å². The first-order chi connectivity index (χ1) is 14.6. The van der Waals surface area contributed by atoms with Crippen LogP contribution in [-0.2, 0) is 19.1 Å². The number of rotatable bonds is 9. The molecule has 8 heteroatoms. The van der Waals surface area contributed by atoms with Gasteiger partial charge in [0.1, 0.15) is 11.5 Å². The van der Waals surface area contributed by atoms with E-state index in [1.165, 1.54) is 0 Å². The lowest BCUT2D eigenvalue weighted by atomic mass is 10.1. The van der Waals surface area contributed by atoms with Crippen LogP contribution in [0.3, 0.4) is 0 Å². The second-order valence-corrected chi connectivity index (χ2v) is 7.42. The fourth-order valence-corrected chi connectivity index (χ4v) is 3.85. The van der Waals surface area contributed by atoms with E-state index in [9.17, 15) is 9.59 Å². The van der Waals surface area contributed by atoms with Crippen LogP contribution in [0, 0.1) is 5.92 Å². The highest BCUT2D eigenvalue weighted by atomic mass is 16.5. The van der Waals surface area contributed by atoms with E-state index in [-0.39, 0.29) is 18.5 Å². The number of nitrogens with zero attached hydrogens (tertiary/aromatic N) is 1. The van der Waals surface area contributed by atoms with E-state index in [2.05, 4.69) is 10.2 Å². The van der Waals surface area contributed by atoms with Gasteiger partial charge in [-0.05, 0) is 26.7 Å². The summed E-state index contributed by atoms with van der Waals surface area (Å²) in [4.78, 5) is 26.7. The molecule has 1 saturated carbocycles. The number of hydrogen-bond donors (Lipinski definition) is 1. The van der Waals surface area contributed by atoms with Crippen LogP contribution in [0.1, 0.15) is 39.5 Å².